The molecule has 0 fully saturated rings. The molecule has 4 aromatic rings. The zero-order chi connectivity index (χ0) is 19.3. The summed E-state index contributed by atoms with van der Waals surface area (Å²) in [6, 6.07) is 26.2. The van der Waals surface area contributed by atoms with E-state index in [1.54, 1.807) is 0 Å². The van der Waals surface area contributed by atoms with Crippen molar-refractivity contribution in [3.8, 4) is 0 Å². The van der Waals surface area contributed by atoms with Crippen LogP contribution < -0.4 is 10.6 Å². The predicted molar refractivity (Wildman–Crippen MR) is 117 cm³/mol. The molecular formula is C23H21ClN4. The molecular weight excluding hydrogens is 368 g/mol. The van der Waals surface area contributed by atoms with E-state index in [1.165, 1.54) is 11.1 Å². The second-order valence-electron chi connectivity index (χ2n) is 6.70. The average molecular weight is 389 g/mol. The minimum Gasteiger partial charge on any atom is -0.351 e. The third-order valence-corrected chi connectivity index (χ3v) is 4.57. The molecule has 28 heavy (non-hydrogen) atoms. The van der Waals surface area contributed by atoms with Crippen LogP contribution >= 0.6 is 11.6 Å². The summed E-state index contributed by atoms with van der Waals surface area (Å²) in [6.45, 7) is 2.77. The quantitative estimate of drug-likeness (QED) is 0.402. The molecule has 0 bridgehead atoms. The van der Waals surface area contributed by atoms with Gasteiger partial charge < -0.3 is 10.6 Å². The highest BCUT2D eigenvalue weighted by molar-refractivity contribution is 6.30. The molecule has 0 saturated heterocycles. The minimum atomic E-state index is 0.682. The number of benzene rings is 3. The van der Waals surface area contributed by atoms with Crippen LogP contribution in [0.15, 0.2) is 85.1 Å². The summed E-state index contributed by atoms with van der Waals surface area (Å²) < 4.78 is 1.93. The van der Waals surface area contributed by atoms with E-state index in [-0.39, 0.29) is 0 Å². The second-order valence-corrected chi connectivity index (χ2v) is 7.14. The van der Waals surface area contributed by atoms with Gasteiger partial charge >= 0.3 is 0 Å². The summed E-state index contributed by atoms with van der Waals surface area (Å²) in [7, 11) is 0. The topological polar surface area (TPSA) is 41.9 Å². The lowest BCUT2D eigenvalue weighted by Crippen LogP contribution is -2.01. The number of hydrogen-bond donors (Lipinski definition) is 2. The third kappa shape index (κ3) is 4.53. The first kappa shape index (κ1) is 18.1. The molecule has 0 amide bonds. The van der Waals surface area contributed by atoms with Crippen molar-refractivity contribution in [1.29, 1.82) is 0 Å². The summed E-state index contributed by atoms with van der Waals surface area (Å²) in [5, 5.41) is 12.3. The van der Waals surface area contributed by atoms with Gasteiger partial charge in [-0.3, -0.25) is 4.68 Å². The maximum absolute atomic E-state index is 6.13. The van der Waals surface area contributed by atoms with Gasteiger partial charge in [-0.1, -0.05) is 60.1 Å². The van der Waals surface area contributed by atoms with Gasteiger partial charge in [0.1, 0.15) is 5.69 Å². The fourth-order valence-electron chi connectivity index (χ4n) is 3.04. The van der Waals surface area contributed by atoms with Crippen molar-refractivity contribution in [1.82, 2.24) is 9.78 Å². The lowest BCUT2D eigenvalue weighted by Gasteiger charge is -2.09. The van der Waals surface area contributed by atoms with E-state index in [1.807, 2.05) is 65.5 Å². The Kier molecular flexibility index (Phi) is 5.31. The smallest absolute Gasteiger partial charge is 0.176 e. The Labute approximate surface area is 169 Å². The molecule has 4 nitrogen and oxygen atoms in total. The first-order valence-electron chi connectivity index (χ1n) is 9.13. The zero-order valence-electron chi connectivity index (χ0n) is 15.6. The number of nitrogens with one attached hydrogen (secondary N) is 2. The Hall–Kier alpha value is -3.24. The third-order valence-electron chi connectivity index (χ3n) is 4.33. The van der Waals surface area contributed by atoms with Crippen molar-refractivity contribution in [2.45, 2.75) is 13.5 Å². The summed E-state index contributed by atoms with van der Waals surface area (Å²) in [5.74, 6) is 0.750. The van der Waals surface area contributed by atoms with Crippen molar-refractivity contribution >= 4 is 34.5 Å². The average Bonchev–Trinajstić information content (AvgIpc) is 3.03. The van der Waals surface area contributed by atoms with Crippen molar-refractivity contribution in [3.63, 3.8) is 0 Å². The number of nitrogens with zero attached hydrogens (tertiary/aromatic N) is 2. The van der Waals surface area contributed by atoms with E-state index >= 15 is 0 Å². The molecule has 0 spiro atoms. The zero-order valence-corrected chi connectivity index (χ0v) is 16.3. The Morgan fingerprint density at radius 3 is 2.36 bits per heavy atom. The van der Waals surface area contributed by atoms with E-state index in [2.05, 4.69) is 41.8 Å². The second kappa shape index (κ2) is 8.19. The highest BCUT2D eigenvalue weighted by Gasteiger charge is 2.11. The molecule has 4 rings (SSSR count). The van der Waals surface area contributed by atoms with Gasteiger partial charge in [0, 0.05) is 16.4 Å². The highest BCUT2D eigenvalue weighted by Crippen LogP contribution is 2.28. The molecule has 140 valence electrons. The SMILES string of the molecule is Cc1cccc(Nc2cn(Cc3ccccc3)nc2Nc2cccc(Cl)c2)c1. The molecule has 0 radical (unpaired) electrons. The van der Waals surface area contributed by atoms with Crippen molar-refractivity contribution in [2.75, 3.05) is 10.6 Å². The van der Waals surface area contributed by atoms with Crippen LogP contribution in [-0.2, 0) is 6.54 Å². The Bertz CT molecular complexity index is 1010. The van der Waals surface area contributed by atoms with Gasteiger partial charge in [-0.2, -0.15) is 5.10 Å². The Balaban J connectivity index is 1.65. The monoisotopic (exact) mass is 388 g/mol. The maximum Gasteiger partial charge on any atom is 0.176 e. The number of hydrogen-bond acceptors (Lipinski definition) is 3. The molecule has 0 unspecified atom stereocenters. The number of rotatable bonds is 6. The van der Waals surface area contributed by atoms with E-state index in [0.717, 1.165) is 22.9 Å². The van der Waals surface area contributed by atoms with E-state index < -0.39 is 0 Å². The summed E-state index contributed by atoms with van der Waals surface area (Å²) in [5.41, 5.74) is 5.21. The maximum atomic E-state index is 6.13. The molecule has 0 aliphatic carbocycles. The van der Waals surface area contributed by atoms with Crippen LogP contribution in [0.2, 0.25) is 5.02 Å². The van der Waals surface area contributed by atoms with Gasteiger partial charge in [0.2, 0.25) is 0 Å². The molecule has 0 aliphatic rings. The van der Waals surface area contributed by atoms with Gasteiger partial charge in [-0.05, 0) is 48.4 Å². The molecule has 1 aromatic heterocycles. The van der Waals surface area contributed by atoms with Crippen molar-refractivity contribution in [3.05, 3.63) is 101 Å². The lowest BCUT2D eigenvalue weighted by atomic mass is 10.2. The van der Waals surface area contributed by atoms with Crippen LogP contribution in [0.1, 0.15) is 11.1 Å². The van der Waals surface area contributed by atoms with Crippen molar-refractivity contribution in [2.24, 2.45) is 0 Å². The van der Waals surface area contributed by atoms with Crippen LogP contribution in [0.5, 0.6) is 0 Å². The summed E-state index contributed by atoms with van der Waals surface area (Å²) in [6.07, 6.45) is 2.02. The number of anilines is 4. The van der Waals surface area contributed by atoms with Crippen molar-refractivity contribution < 1.29 is 0 Å². The van der Waals surface area contributed by atoms with E-state index in [4.69, 9.17) is 16.7 Å². The van der Waals surface area contributed by atoms with Gasteiger partial charge in [-0.15, -0.1) is 0 Å². The van der Waals surface area contributed by atoms with Gasteiger partial charge in [0.25, 0.3) is 0 Å². The van der Waals surface area contributed by atoms with Crippen LogP contribution in [0.25, 0.3) is 0 Å². The fraction of sp³-hybridized carbons (Fsp3) is 0.0870. The molecule has 0 aliphatic heterocycles. The first-order chi connectivity index (χ1) is 13.7. The highest BCUT2D eigenvalue weighted by atomic mass is 35.5. The summed E-state index contributed by atoms with van der Waals surface area (Å²) in [4.78, 5) is 0. The minimum absolute atomic E-state index is 0.682. The van der Waals surface area contributed by atoms with E-state index in [9.17, 15) is 0 Å². The van der Waals surface area contributed by atoms with E-state index in [0.29, 0.717) is 11.6 Å². The summed E-state index contributed by atoms with van der Waals surface area (Å²) >= 11 is 6.13. The van der Waals surface area contributed by atoms with Gasteiger partial charge in [0.15, 0.2) is 5.82 Å². The fourth-order valence-corrected chi connectivity index (χ4v) is 3.23. The normalized spacial score (nSPS) is 10.6. The molecule has 1 heterocycles. The van der Waals surface area contributed by atoms with Gasteiger partial charge in [-0.25, -0.2) is 0 Å². The van der Waals surface area contributed by atoms with Crippen LogP contribution in [0.4, 0.5) is 22.9 Å². The van der Waals surface area contributed by atoms with Crippen LogP contribution in [-0.4, -0.2) is 9.78 Å². The first-order valence-corrected chi connectivity index (χ1v) is 9.51. The van der Waals surface area contributed by atoms with Crippen LogP contribution in [0.3, 0.4) is 0 Å². The molecule has 2 N–H and O–H groups in total. The Morgan fingerprint density at radius 1 is 0.857 bits per heavy atom. The molecule has 0 atom stereocenters. The molecule has 0 saturated carbocycles. The van der Waals surface area contributed by atoms with Crippen LogP contribution in [0, 0.1) is 6.92 Å². The predicted octanol–water partition coefficient (Wildman–Crippen LogP) is 6.38. The number of aryl methyl sites for hydroxylation is 1. The largest absolute Gasteiger partial charge is 0.351 e. The van der Waals surface area contributed by atoms with Gasteiger partial charge in [0.05, 0.1) is 12.7 Å². The number of halogens is 1. The lowest BCUT2D eigenvalue weighted by molar-refractivity contribution is 0.690. The standard InChI is InChI=1S/C23H21ClN4/c1-17-7-5-11-20(13-17)25-22-16-28(15-18-8-3-2-4-9-18)27-23(22)26-21-12-6-10-19(24)14-21/h2-14,16,25H,15H2,1H3,(H,26,27). The molecule has 5 heteroatoms. The Morgan fingerprint density at radius 2 is 1.61 bits per heavy atom. The number of aromatic nitrogens is 2. The molecule has 3 aromatic carbocycles.